The van der Waals surface area contributed by atoms with E-state index in [2.05, 4.69) is 11.6 Å². The van der Waals surface area contributed by atoms with Gasteiger partial charge in [-0.3, -0.25) is 4.99 Å². The zero-order valence-electron chi connectivity index (χ0n) is 15.9. The lowest BCUT2D eigenvalue weighted by Crippen LogP contribution is -2.47. The Labute approximate surface area is 153 Å². The van der Waals surface area contributed by atoms with Crippen molar-refractivity contribution in [3.63, 3.8) is 0 Å². The van der Waals surface area contributed by atoms with Crippen LogP contribution in [0.5, 0.6) is 0 Å². The molecule has 0 spiro atoms. The quantitative estimate of drug-likeness (QED) is 0.656. The average Bonchev–Trinajstić information content (AvgIpc) is 2.57. The Hall–Kier alpha value is -2.49. The molecule has 0 N–H and O–H groups in total. The molecular weight excluding hydrogens is 330 g/mol. The van der Waals surface area contributed by atoms with Crippen molar-refractivity contribution in [3.05, 3.63) is 77.0 Å². The fraction of sp³-hybridized carbons (Fsp3) is 0.318. The smallest absolute Gasteiger partial charge is 0.298 e. The van der Waals surface area contributed by atoms with E-state index in [-0.39, 0.29) is 5.56 Å². The molecule has 2 aromatic rings. The van der Waals surface area contributed by atoms with Crippen molar-refractivity contribution in [1.29, 1.82) is 0 Å². The van der Waals surface area contributed by atoms with E-state index in [9.17, 15) is 0 Å². The zero-order valence-corrected chi connectivity index (χ0v) is 15.9. The predicted octanol–water partition coefficient (Wildman–Crippen LogP) is 5.89. The molecule has 26 heavy (non-hydrogen) atoms. The highest BCUT2D eigenvalue weighted by atomic mass is 19.3. The second-order valence-electron chi connectivity index (χ2n) is 7.39. The molecule has 0 fully saturated rings. The van der Waals surface area contributed by atoms with Crippen molar-refractivity contribution in [2.45, 2.75) is 46.1 Å². The van der Waals surface area contributed by atoms with Gasteiger partial charge in [0.25, 0.3) is 5.92 Å². The number of fused-ring (bicyclic) bond motifs is 1. The van der Waals surface area contributed by atoms with E-state index >= 15 is 8.78 Å². The number of anilines is 1. The molecule has 2 nitrogen and oxygen atoms in total. The molecule has 1 aliphatic heterocycles. The van der Waals surface area contributed by atoms with Crippen molar-refractivity contribution < 1.29 is 8.78 Å². The second-order valence-corrected chi connectivity index (χ2v) is 7.39. The van der Waals surface area contributed by atoms with Gasteiger partial charge in [0, 0.05) is 17.3 Å². The first-order valence-electron chi connectivity index (χ1n) is 8.67. The van der Waals surface area contributed by atoms with Crippen molar-refractivity contribution in [2.24, 2.45) is 4.99 Å². The summed E-state index contributed by atoms with van der Waals surface area (Å²) in [6, 6.07) is 11.1. The summed E-state index contributed by atoms with van der Waals surface area (Å²) in [5, 5.41) is 0. The molecular formula is C22H24F2N2. The summed E-state index contributed by atoms with van der Waals surface area (Å²) >= 11 is 0. The van der Waals surface area contributed by atoms with Crippen LogP contribution in [0.1, 0.15) is 41.7 Å². The maximum absolute atomic E-state index is 15.1. The minimum Gasteiger partial charge on any atom is -0.302 e. The molecule has 2 aromatic carbocycles. The molecule has 0 bridgehead atoms. The van der Waals surface area contributed by atoms with Crippen LogP contribution in [0, 0.1) is 20.8 Å². The molecule has 0 atom stereocenters. The first-order valence-corrected chi connectivity index (χ1v) is 8.67. The molecule has 3 rings (SSSR count). The van der Waals surface area contributed by atoms with Crippen LogP contribution in [0.25, 0.3) is 0 Å². The highest BCUT2D eigenvalue weighted by Crippen LogP contribution is 2.47. The van der Waals surface area contributed by atoms with Gasteiger partial charge in [0.1, 0.15) is 11.4 Å². The number of rotatable bonds is 2. The molecule has 4 heteroatoms. The third-order valence-electron chi connectivity index (χ3n) is 5.15. The maximum atomic E-state index is 15.1. The van der Waals surface area contributed by atoms with Crippen LogP contribution in [0.15, 0.2) is 54.2 Å². The lowest BCUT2D eigenvalue weighted by Gasteiger charge is -2.39. The van der Waals surface area contributed by atoms with E-state index in [1.54, 1.807) is 18.3 Å². The van der Waals surface area contributed by atoms with Crippen molar-refractivity contribution in [2.75, 3.05) is 4.90 Å². The van der Waals surface area contributed by atoms with Crippen LogP contribution in [0.4, 0.5) is 14.5 Å². The molecule has 0 radical (unpaired) electrons. The summed E-state index contributed by atoms with van der Waals surface area (Å²) in [5.41, 5.74) is 2.80. The Morgan fingerprint density at radius 1 is 1.08 bits per heavy atom. The average molecular weight is 354 g/mol. The van der Waals surface area contributed by atoms with Gasteiger partial charge in [0.2, 0.25) is 0 Å². The van der Waals surface area contributed by atoms with E-state index in [0.29, 0.717) is 11.4 Å². The largest absolute Gasteiger partial charge is 0.302 e. The highest BCUT2D eigenvalue weighted by molar-refractivity contribution is 6.13. The van der Waals surface area contributed by atoms with Gasteiger partial charge in [0.15, 0.2) is 0 Å². The third-order valence-corrected chi connectivity index (χ3v) is 5.15. The van der Waals surface area contributed by atoms with E-state index in [1.165, 1.54) is 13.8 Å². The summed E-state index contributed by atoms with van der Waals surface area (Å²) in [6.45, 7) is 12.7. The van der Waals surface area contributed by atoms with Crippen LogP contribution in [-0.2, 0) is 5.92 Å². The van der Waals surface area contributed by atoms with Gasteiger partial charge in [-0.1, -0.05) is 36.4 Å². The number of benzene rings is 2. The van der Waals surface area contributed by atoms with Crippen LogP contribution in [0.2, 0.25) is 0 Å². The van der Waals surface area contributed by atoms with Gasteiger partial charge in [-0.25, -0.2) is 0 Å². The number of alkyl halides is 2. The fourth-order valence-electron chi connectivity index (χ4n) is 3.32. The van der Waals surface area contributed by atoms with Gasteiger partial charge < -0.3 is 4.90 Å². The lowest BCUT2D eigenvalue weighted by atomic mass is 9.83. The molecule has 0 unspecified atom stereocenters. The van der Waals surface area contributed by atoms with Crippen LogP contribution >= 0.6 is 0 Å². The molecule has 1 aliphatic rings. The van der Waals surface area contributed by atoms with Gasteiger partial charge in [-0.15, -0.1) is 0 Å². The van der Waals surface area contributed by atoms with E-state index in [4.69, 9.17) is 0 Å². The van der Waals surface area contributed by atoms with Gasteiger partial charge in [-0.05, 0) is 57.9 Å². The van der Waals surface area contributed by atoms with Crippen LogP contribution in [0.3, 0.4) is 0 Å². The summed E-state index contributed by atoms with van der Waals surface area (Å²) in [5.74, 6) is -2.55. The summed E-state index contributed by atoms with van der Waals surface area (Å²) in [6.07, 6.45) is 1.64. The molecule has 0 saturated heterocycles. The highest BCUT2D eigenvalue weighted by Gasteiger charge is 2.53. The van der Waals surface area contributed by atoms with Gasteiger partial charge in [0.05, 0.1) is 5.69 Å². The lowest BCUT2D eigenvalue weighted by molar-refractivity contribution is -0.0683. The molecule has 0 aromatic heterocycles. The second kappa shape index (κ2) is 6.04. The van der Waals surface area contributed by atoms with Gasteiger partial charge >= 0.3 is 0 Å². The maximum Gasteiger partial charge on any atom is 0.298 e. The number of hydrogen-bond acceptors (Lipinski definition) is 2. The number of hydrogen-bond donors (Lipinski definition) is 0. The van der Waals surface area contributed by atoms with Crippen molar-refractivity contribution in [3.8, 4) is 0 Å². The summed E-state index contributed by atoms with van der Waals surface area (Å²) in [4.78, 5) is 6.29. The van der Waals surface area contributed by atoms with E-state index in [1.807, 2.05) is 49.9 Å². The number of halogens is 2. The molecule has 136 valence electrons. The van der Waals surface area contributed by atoms with Crippen LogP contribution in [-0.4, -0.2) is 11.4 Å². The SMILES string of the molecule is C=CN(C1=NC(C)(C)C(F)(F)c2cc(C)ccc21)c1cccc(C)c1C. The standard InChI is InChI=1S/C22H24F2N2/c1-7-26(19-10-8-9-15(3)16(19)4)20-17-12-11-14(2)13-18(17)22(23,24)21(5,6)25-20/h7-13H,1H2,2-6H3. The number of aliphatic imine (C=N–C) groups is 1. The molecule has 0 saturated carbocycles. The number of nitrogens with zero attached hydrogens (tertiary/aromatic N) is 2. The normalized spacial score (nSPS) is 17.3. The van der Waals surface area contributed by atoms with Crippen molar-refractivity contribution in [1.82, 2.24) is 0 Å². The first-order chi connectivity index (χ1) is 12.1. The van der Waals surface area contributed by atoms with E-state index in [0.717, 1.165) is 22.4 Å². The summed E-state index contributed by atoms with van der Waals surface area (Å²) in [7, 11) is 0. The van der Waals surface area contributed by atoms with Gasteiger partial charge in [-0.2, -0.15) is 8.78 Å². The third kappa shape index (κ3) is 2.64. The Morgan fingerprint density at radius 3 is 2.42 bits per heavy atom. The predicted molar refractivity (Wildman–Crippen MR) is 104 cm³/mol. The molecule has 0 aliphatic carbocycles. The van der Waals surface area contributed by atoms with E-state index < -0.39 is 11.5 Å². The van der Waals surface area contributed by atoms with Crippen molar-refractivity contribution >= 4 is 11.5 Å². The number of aryl methyl sites for hydroxylation is 2. The number of amidine groups is 1. The first kappa shape index (κ1) is 18.3. The Balaban J connectivity index is 2.28. The Morgan fingerprint density at radius 2 is 1.77 bits per heavy atom. The molecule has 1 heterocycles. The summed E-state index contributed by atoms with van der Waals surface area (Å²) < 4.78 is 30.2. The zero-order chi connectivity index (χ0) is 19.3. The minimum absolute atomic E-state index is 0.0182. The Kier molecular flexibility index (Phi) is 4.26. The Bertz CT molecular complexity index is 910. The monoisotopic (exact) mass is 354 g/mol. The fourth-order valence-corrected chi connectivity index (χ4v) is 3.32. The van der Waals surface area contributed by atoms with Crippen LogP contribution < -0.4 is 4.90 Å². The topological polar surface area (TPSA) is 15.6 Å². The molecule has 0 amide bonds. The minimum atomic E-state index is -3.05.